The molecule has 3 saturated heterocycles. The van der Waals surface area contributed by atoms with Crippen molar-refractivity contribution in [2.45, 2.75) is 24.2 Å². The van der Waals surface area contributed by atoms with Gasteiger partial charge in [-0.05, 0) is 25.3 Å². The van der Waals surface area contributed by atoms with E-state index in [4.69, 9.17) is 4.74 Å². The zero-order valence-electron chi connectivity index (χ0n) is 17.1. The van der Waals surface area contributed by atoms with E-state index in [9.17, 15) is 18.0 Å². The van der Waals surface area contributed by atoms with Gasteiger partial charge in [-0.3, -0.25) is 4.79 Å². The summed E-state index contributed by atoms with van der Waals surface area (Å²) >= 11 is 0. The summed E-state index contributed by atoms with van der Waals surface area (Å²) < 4.78 is 32.1. The fourth-order valence-corrected chi connectivity index (χ4v) is 5.54. The predicted octanol–water partition coefficient (Wildman–Crippen LogP) is 0.399. The second kappa shape index (κ2) is 8.94. The first-order chi connectivity index (χ1) is 14.5. The summed E-state index contributed by atoms with van der Waals surface area (Å²) in [7, 11) is -3.64. The van der Waals surface area contributed by atoms with Gasteiger partial charge in [0.05, 0.1) is 13.2 Å². The quantitative estimate of drug-likeness (QED) is 0.734. The molecule has 0 radical (unpaired) electrons. The van der Waals surface area contributed by atoms with Crippen molar-refractivity contribution in [3.05, 3.63) is 18.0 Å². The Morgan fingerprint density at radius 1 is 0.833 bits per heavy atom. The number of hydrogen-bond acceptors (Lipinski definition) is 5. The van der Waals surface area contributed by atoms with Crippen molar-refractivity contribution in [1.82, 2.24) is 24.0 Å². The number of carbonyl (C=O) groups excluding carboxylic acids is 2. The molecule has 4 heterocycles. The van der Waals surface area contributed by atoms with Crippen LogP contribution in [0.3, 0.4) is 0 Å². The van der Waals surface area contributed by atoms with E-state index in [1.54, 1.807) is 9.80 Å². The van der Waals surface area contributed by atoms with Crippen LogP contribution in [0.1, 0.15) is 29.8 Å². The maximum absolute atomic E-state index is 12.8. The number of rotatable bonds is 3. The molecule has 3 aliphatic heterocycles. The van der Waals surface area contributed by atoms with Gasteiger partial charge < -0.3 is 24.4 Å². The molecule has 0 aromatic carbocycles. The van der Waals surface area contributed by atoms with Crippen LogP contribution in [-0.2, 0) is 14.8 Å². The van der Waals surface area contributed by atoms with Crippen LogP contribution in [0, 0.1) is 0 Å². The molecule has 3 aliphatic rings. The van der Waals surface area contributed by atoms with Gasteiger partial charge >= 0.3 is 6.03 Å². The number of H-pyrrole nitrogens is 1. The fraction of sp³-hybridized carbons (Fsp3) is 0.684. The Kier molecular flexibility index (Phi) is 6.30. The average molecular weight is 440 g/mol. The Morgan fingerprint density at radius 2 is 1.43 bits per heavy atom. The van der Waals surface area contributed by atoms with Gasteiger partial charge in [0.2, 0.25) is 10.0 Å². The smallest absolute Gasteiger partial charge is 0.320 e. The maximum Gasteiger partial charge on any atom is 0.320 e. The van der Waals surface area contributed by atoms with Gasteiger partial charge in [-0.2, -0.15) is 4.31 Å². The van der Waals surface area contributed by atoms with Crippen LogP contribution in [0.15, 0.2) is 17.2 Å². The van der Waals surface area contributed by atoms with Crippen molar-refractivity contribution in [1.29, 1.82) is 0 Å². The van der Waals surface area contributed by atoms with Crippen molar-refractivity contribution in [2.24, 2.45) is 0 Å². The van der Waals surface area contributed by atoms with Gasteiger partial charge in [-0.25, -0.2) is 13.2 Å². The molecule has 11 heteroatoms. The van der Waals surface area contributed by atoms with E-state index in [0.29, 0.717) is 52.5 Å². The van der Waals surface area contributed by atoms with Crippen LogP contribution in [0.2, 0.25) is 0 Å². The molecule has 0 atom stereocenters. The van der Waals surface area contributed by atoms with Gasteiger partial charge in [0.25, 0.3) is 5.91 Å². The third-order valence-electron chi connectivity index (χ3n) is 5.96. The monoisotopic (exact) mass is 439 g/mol. The molecule has 0 unspecified atom stereocenters. The van der Waals surface area contributed by atoms with Gasteiger partial charge in [0, 0.05) is 58.6 Å². The second-order valence-corrected chi connectivity index (χ2v) is 9.81. The molecule has 0 aliphatic carbocycles. The number of sulfonamides is 1. The number of aromatic amines is 1. The molecule has 30 heavy (non-hydrogen) atoms. The van der Waals surface area contributed by atoms with Crippen molar-refractivity contribution < 1.29 is 22.7 Å². The van der Waals surface area contributed by atoms with Crippen LogP contribution in [0.5, 0.6) is 0 Å². The second-order valence-electron chi connectivity index (χ2n) is 7.88. The summed E-state index contributed by atoms with van der Waals surface area (Å²) in [5.41, 5.74) is 0.248. The summed E-state index contributed by atoms with van der Waals surface area (Å²) in [5, 5.41) is 0. The Labute approximate surface area is 176 Å². The normalized spacial score (nSPS) is 21.7. The molecular formula is C19H29N5O5S. The van der Waals surface area contributed by atoms with Gasteiger partial charge in [-0.15, -0.1) is 0 Å². The van der Waals surface area contributed by atoms with Crippen LogP contribution < -0.4 is 0 Å². The number of ether oxygens (including phenoxy) is 1. The maximum atomic E-state index is 12.8. The zero-order valence-corrected chi connectivity index (χ0v) is 17.9. The summed E-state index contributed by atoms with van der Waals surface area (Å²) in [6.07, 6.45) is 4.64. The predicted molar refractivity (Wildman–Crippen MR) is 109 cm³/mol. The van der Waals surface area contributed by atoms with Gasteiger partial charge in [0.1, 0.15) is 10.6 Å². The highest BCUT2D eigenvalue weighted by molar-refractivity contribution is 7.89. The standard InChI is InChI=1S/C19H29N5O5S/c25-18(17-14-16(15-20-17)30(27,28)24-10-12-29-13-11-24)21-6-8-23(9-7-21)19(26)22-4-2-1-3-5-22/h14-15,20H,1-13H2. The molecule has 3 fully saturated rings. The SMILES string of the molecule is O=C(c1cc(S(=O)(=O)N2CCOCC2)c[nH]1)N1CCN(C(=O)N2CCCCC2)CC1. The van der Waals surface area contributed by atoms with E-state index in [2.05, 4.69) is 4.98 Å². The highest BCUT2D eigenvalue weighted by Gasteiger charge is 2.31. The van der Waals surface area contributed by atoms with E-state index in [1.165, 1.54) is 23.0 Å². The molecule has 3 amide bonds. The lowest BCUT2D eigenvalue weighted by atomic mass is 10.1. The lowest BCUT2D eigenvalue weighted by Crippen LogP contribution is -2.54. The Morgan fingerprint density at radius 3 is 2.10 bits per heavy atom. The number of likely N-dealkylation sites (tertiary alicyclic amines) is 1. The highest BCUT2D eigenvalue weighted by Crippen LogP contribution is 2.20. The Balaban J connectivity index is 1.35. The fourth-order valence-electron chi connectivity index (χ4n) is 4.14. The number of aromatic nitrogens is 1. The van der Waals surface area contributed by atoms with E-state index < -0.39 is 10.0 Å². The summed E-state index contributed by atoms with van der Waals surface area (Å²) in [6.45, 7) is 4.81. The minimum atomic E-state index is -3.64. The third kappa shape index (κ3) is 4.33. The lowest BCUT2D eigenvalue weighted by Gasteiger charge is -2.38. The molecular weight excluding hydrogens is 410 g/mol. The van der Waals surface area contributed by atoms with Gasteiger partial charge in [0.15, 0.2) is 0 Å². The summed E-state index contributed by atoms with van der Waals surface area (Å²) in [4.78, 5) is 33.7. The number of urea groups is 1. The molecule has 0 bridgehead atoms. The van der Waals surface area contributed by atoms with E-state index in [-0.39, 0.29) is 22.5 Å². The van der Waals surface area contributed by atoms with Crippen LogP contribution in [0.4, 0.5) is 4.79 Å². The van der Waals surface area contributed by atoms with Crippen LogP contribution >= 0.6 is 0 Å². The molecule has 0 saturated carbocycles. The first kappa shape index (κ1) is 21.1. The number of piperazine rings is 1. The first-order valence-electron chi connectivity index (χ1n) is 10.6. The molecule has 166 valence electrons. The van der Waals surface area contributed by atoms with Crippen molar-refractivity contribution in [3.8, 4) is 0 Å². The van der Waals surface area contributed by atoms with Crippen LogP contribution in [0.25, 0.3) is 0 Å². The summed E-state index contributed by atoms with van der Waals surface area (Å²) in [5.74, 6) is -0.247. The molecule has 0 spiro atoms. The lowest BCUT2D eigenvalue weighted by molar-refractivity contribution is 0.0628. The molecule has 1 N–H and O–H groups in total. The van der Waals surface area contributed by atoms with E-state index >= 15 is 0 Å². The van der Waals surface area contributed by atoms with Crippen molar-refractivity contribution in [2.75, 3.05) is 65.6 Å². The number of nitrogens with zero attached hydrogens (tertiary/aromatic N) is 4. The average Bonchev–Trinajstić information content (AvgIpc) is 3.31. The minimum absolute atomic E-state index is 0.0561. The number of morpholine rings is 1. The Hall–Kier alpha value is -2.11. The number of hydrogen-bond donors (Lipinski definition) is 1. The Bertz CT molecular complexity index is 866. The number of amides is 3. The first-order valence-corrected chi connectivity index (χ1v) is 12.0. The number of piperidine rings is 1. The molecule has 10 nitrogen and oxygen atoms in total. The zero-order chi connectivity index (χ0) is 21.1. The molecule has 1 aromatic rings. The third-order valence-corrected chi connectivity index (χ3v) is 7.84. The molecule has 1 aromatic heterocycles. The van der Waals surface area contributed by atoms with Gasteiger partial charge in [-0.1, -0.05) is 0 Å². The summed E-state index contributed by atoms with van der Waals surface area (Å²) in [6, 6.07) is 1.46. The topological polar surface area (TPSA) is 106 Å². The molecule has 4 rings (SSSR count). The van der Waals surface area contributed by atoms with Crippen molar-refractivity contribution in [3.63, 3.8) is 0 Å². The number of nitrogens with one attached hydrogen (secondary N) is 1. The van der Waals surface area contributed by atoms with Crippen molar-refractivity contribution >= 4 is 22.0 Å². The van der Waals surface area contributed by atoms with E-state index in [1.807, 2.05) is 4.90 Å². The number of carbonyl (C=O) groups is 2. The van der Waals surface area contributed by atoms with E-state index in [0.717, 1.165) is 25.9 Å². The van der Waals surface area contributed by atoms with Crippen LogP contribution in [-0.4, -0.2) is 110 Å². The largest absolute Gasteiger partial charge is 0.379 e. The highest BCUT2D eigenvalue weighted by atomic mass is 32.2. The minimum Gasteiger partial charge on any atom is -0.379 e.